The summed E-state index contributed by atoms with van der Waals surface area (Å²) in [7, 11) is -3.19. The Morgan fingerprint density at radius 3 is 2.80 bits per heavy atom. The average molecular weight is 293 g/mol. The van der Waals surface area contributed by atoms with Crippen molar-refractivity contribution in [1.82, 2.24) is 15.3 Å². The summed E-state index contributed by atoms with van der Waals surface area (Å²) in [4.78, 5) is 8.28. The summed E-state index contributed by atoms with van der Waals surface area (Å²) in [5.41, 5.74) is 1.50. The van der Waals surface area contributed by atoms with Crippen LogP contribution in [0.2, 0.25) is 0 Å². The standard InChI is InChI=1S/C14H19N3O2S/c1-3-14(7-4-8-15-14)13-16-11-6-5-10(20(2,18)19)9-12(11)17-13/h5-6,9,15H,3-4,7-8H2,1-2H3,(H,16,17). The third-order valence-electron chi connectivity index (χ3n) is 4.18. The molecule has 20 heavy (non-hydrogen) atoms. The predicted molar refractivity (Wildman–Crippen MR) is 78.4 cm³/mol. The maximum atomic E-state index is 11.6. The Bertz CT molecular complexity index is 743. The summed E-state index contributed by atoms with van der Waals surface area (Å²) in [6, 6.07) is 5.05. The van der Waals surface area contributed by atoms with Crippen molar-refractivity contribution in [2.75, 3.05) is 12.8 Å². The molecule has 6 heteroatoms. The van der Waals surface area contributed by atoms with Crippen LogP contribution in [-0.2, 0) is 15.4 Å². The molecule has 2 aromatic rings. The number of H-pyrrole nitrogens is 1. The van der Waals surface area contributed by atoms with Gasteiger partial charge < -0.3 is 10.3 Å². The smallest absolute Gasteiger partial charge is 0.175 e. The van der Waals surface area contributed by atoms with Crippen molar-refractivity contribution in [2.45, 2.75) is 36.6 Å². The van der Waals surface area contributed by atoms with Crippen LogP contribution in [0.25, 0.3) is 11.0 Å². The van der Waals surface area contributed by atoms with Crippen LogP contribution in [0.15, 0.2) is 23.1 Å². The zero-order chi connectivity index (χ0) is 14.4. The monoisotopic (exact) mass is 293 g/mol. The van der Waals surface area contributed by atoms with Gasteiger partial charge in [-0.15, -0.1) is 0 Å². The Labute approximate surface area is 118 Å². The van der Waals surface area contributed by atoms with Gasteiger partial charge in [-0.1, -0.05) is 6.92 Å². The fraction of sp³-hybridized carbons (Fsp3) is 0.500. The van der Waals surface area contributed by atoms with Crippen molar-refractivity contribution in [2.24, 2.45) is 0 Å². The molecular formula is C14H19N3O2S. The van der Waals surface area contributed by atoms with Crippen LogP contribution in [0.1, 0.15) is 32.0 Å². The van der Waals surface area contributed by atoms with E-state index in [9.17, 15) is 8.42 Å². The van der Waals surface area contributed by atoms with Crippen LogP contribution in [-0.4, -0.2) is 31.2 Å². The van der Waals surface area contributed by atoms with Gasteiger partial charge in [-0.2, -0.15) is 0 Å². The Balaban J connectivity index is 2.11. The molecule has 0 spiro atoms. The van der Waals surface area contributed by atoms with Gasteiger partial charge in [-0.25, -0.2) is 13.4 Å². The van der Waals surface area contributed by atoms with Crippen LogP contribution in [0.3, 0.4) is 0 Å². The maximum Gasteiger partial charge on any atom is 0.175 e. The summed E-state index contributed by atoms with van der Waals surface area (Å²) in [5.74, 6) is 0.915. The lowest BCUT2D eigenvalue weighted by Gasteiger charge is -2.25. The Hall–Kier alpha value is -1.40. The minimum absolute atomic E-state index is 0.0930. The van der Waals surface area contributed by atoms with Crippen molar-refractivity contribution < 1.29 is 8.42 Å². The molecule has 108 valence electrons. The van der Waals surface area contributed by atoms with Gasteiger partial charge in [-0.05, 0) is 44.0 Å². The summed E-state index contributed by atoms with van der Waals surface area (Å²) >= 11 is 0. The van der Waals surface area contributed by atoms with E-state index in [1.807, 2.05) is 0 Å². The number of hydrogen-bond acceptors (Lipinski definition) is 4. The zero-order valence-electron chi connectivity index (χ0n) is 11.7. The van der Waals surface area contributed by atoms with Gasteiger partial charge in [0.1, 0.15) is 5.82 Å². The Morgan fingerprint density at radius 2 is 2.20 bits per heavy atom. The third kappa shape index (κ3) is 2.13. The molecule has 2 heterocycles. The van der Waals surface area contributed by atoms with E-state index in [-0.39, 0.29) is 5.54 Å². The van der Waals surface area contributed by atoms with E-state index in [2.05, 4.69) is 22.2 Å². The van der Waals surface area contributed by atoms with Crippen molar-refractivity contribution in [3.63, 3.8) is 0 Å². The summed E-state index contributed by atoms with van der Waals surface area (Å²) < 4.78 is 23.2. The topological polar surface area (TPSA) is 74.8 Å². The van der Waals surface area contributed by atoms with Gasteiger partial charge in [0.15, 0.2) is 9.84 Å². The van der Waals surface area contributed by atoms with Gasteiger partial charge in [0, 0.05) is 6.26 Å². The largest absolute Gasteiger partial charge is 0.340 e. The molecule has 0 amide bonds. The van der Waals surface area contributed by atoms with Crippen LogP contribution in [0.5, 0.6) is 0 Å². The molecule has 1 aliphatic rings. The molecule has 1 aromatic heterocycles. The zero-order valence-corrected chi connectivity index (χ0v) is 12.5. The quantitative estimate of drug-likeness (QED) is 0.907. The van der Waals surface area contributed by atoms with Gasteiger partial charge in [-0.3, -0.25) is 0 Å². The Morgan fingerprint density at radius 1 is 1.40 bits per heavy atom. The van der Waals surface area contributed by atoms with Crippen LogP contribution in [0.4, 0.5) is 0 Å². The van der Waals surface area contributed by atoms with E-state index in [0.717, 1.165) is 42.7 Å². The molecule has 1 atom stereocenters. The van der Waals surface area contributed by atoms with E-state index < -0.39 is 9.84 Å². The lowest BCUT2D eigenvalue weighted by molar-refractivity contribution is 0.357. The molecule has 2 N–H and O–H groups in total. The number of rotatable bonds is 3. The number of aromatic nitrogens is 2. The van der Waals surface area contributed by atoms with E-state index in [1.54, 1.807) is 18.2 Å². The van der Waals surface area contributed by atoms with Gasteiger partial charge in [0.05, 0.1) is 21.5 Å². The number of fused-ring (bicyclic) bond motifs is 1. The van der Waals surface area contributed by atoms with Crippen molar-refractivity contribution in [3.05, 3.63) is 24.0 Å². The normalized spacial score (nSPS) is 23.5. The molecule has 0 bridgehead atoms. The summed E-state index contributed by atoms with van der Waals surface area (Å²) in [6.45, 7) is 3.15. The van der Waals surface area contributed by atoms with Gasteiger partial charge in [0.2, 0.25) is 0 Å². The number of sulfone groups is 1. The molecule has 1 aromatic carbocycles. The van der Waals surface area contributed by atoms with Crippen molar-refractivity contribution in [1.29, 1.82) is 0 Å². The van der Waals surface area contributed by atoms with E-state index in [4.69, 9.17) is 0 Å². The summed E-state index contributed by atoms with van der Waals surface area (Å²) in [5, 5.41) is 3.53. The maximum absolute atomic E-state index is 11.6. The molecule has 1 aliphatic heterocycles. The molecule has 1 fully saturated rings. The molecule has 3 rings (SSSR count). The number of benzene rings is 1. The number of nitrogens with zero attached hydrogens (tertiary/aromatic N) is 1. The molecule has 1 saturated heterocycles. The van der Waals surface area contributed by atoms with E-state index >= 15 is 0 Å². The van der Waals surface area contributed by atoms with E-state index in [1.165, 1.54) is 6.26 Å². The second kappa shape index (κ2) is 4.56. The number of hydrogen-bond donors (Lipinski definition) is 2. The number of aromatic amines is 1. The highest BCUT2D eigenvalue weighted by Crippen LogP contribution is 2.33. The minimum Gasteiger partial charge on any atom is -0.340 e. The van der Waals surface area contributed by atoms with Crippen LogP contribution < -0.4 is 5.32 Å². The highest BCUT2D eigenvalue weighted by atomic mass is 32.2. The number of nitrogens with one attached hydrogen (secondary N) is 2. The van der Waals surface area contributed by atoms with Crippen LogP contribution in [0, 0.1) is 0 Å². The highest BCUT2D eigenvalue weighted by molar-refractivity contribution is 7.90. The first-order valence-electron chi connectivity index (χ1n) is 6.90. The van der Waals surface area contributed by atoms with Crippen molar-refractivity contribution in [3.8, 4) is 0 Å². The molecule has 0 aliphatic carbocycles. The second-order valence-corrected chi connectivity index (χ2v) is 7.52. The second-order valence-electron chi connectivity index (χ2n) is 5.50. The average Bonchev–Trinajstić information content (AvgIpc) is 3.04. The highest BCUT2D eigenvalue weighted by Gasteiger charge is 2.36. The molecular weight excluding hydrogens is 274 g/mol. The summed E-state index contributed by atoms with van der Waals surface area (Å²) in [6.07, 6.45) is 4.38. The first kappa shape index (κ1) is 13.6. The first-order valence-corrected chi connectivity index (χ1v) is 8.79. The van der Waals surface area contributed by atoms with Crippen molar-refractivity contribution >= 4 is 20.9 Å². The lowest BCUT2D eigenvalue weighted by atomic mass is 9.93. The lowest BCUT2D eigenvalue weighted by Crippen LogP contribution is -2.37. The fourth-order valence-electron chi connectivity index (χ4n) is 2.92. The molecule has 1 unspecified atom stereocenters. The predicted octanol–water partition coefficient (Wildman–Crippen LogP) is 1.96. The Kier molecular flexibility index (Phi) is 3.10. The third-order valence-corrected chi connectivity index (χ3v) is 5.29. The minimum atomic E-state index is -3.19. The fourth-order valence-corrected chi connectivity index (χ4v) is 3.57. The molecule has 5 nitrogen and oxygen atoms in total. The molecule has 0 radical (unpaired) electrons. The van der Waals surface area contributed by atoms with Crippen LogP contribution >= 0.6 is 0 Å². The molecule has 0 saturated carbocycles. The van der Waals surface area contributed by atoms with Gasteiger partial charge >= 0.3 is 0 Å². The van der Waals surface area contributed by atoms with E-state index in [0.29, 0.717) is 4.90 Å². The first-order chi connectivity index (χ1) is 9.44. The SMILES string of the molecule is CCC1(c2nc3ccc(S(C)(=O)=O)cc3[nH]2)CCCN1. The van der Waals surface area contributed by atoms with Gasteiger partial charge in [0.25, 0.3) is 0 Å². The number of imidazole rings is 1.